The Balaban J connectivity index is 2.33. The van der Waals surface area contributed by atoms with E-state index in [9.17, 15) is 0 Å². The van der Waals surface area contributed by atoms with E-state index in [-0.39, 0.29) is 6.04 Å². The van der Waals surface area contributed by atoms with Crippen LogP contribution in [0.4, 0.5) is 11.5 Å². The quantitative estimate of drug-likeness (QED) is 0.875. The first-order chi connectivity index (χ1) is 9.63. The van der Waals surface area contributed by atoms with Gasteiger partial charge in [-0.25, -0.2) is 9.97 Å². The van der Waals surface area contributed by atoms with Crippen molar-refractivity contribution in [1.82, 2.24) is 9.97 Å². The molecule has 3 N–H and O–H groups in total. The maximum atomic E-state index is 5.99. The molecule has 0 saturated carbocycles. The van der Waals surface area contributed by atoms with Crippen LogP contribution in [0.15, 0.2) is 30.6 Å². The van der Waals surface area contributed by atoms with Crippen LogP contribution >= 0.6 is 0 Å². The summed E-state index contributed by atoms with van der Waals surface area (Å²) in [4.78, 5) is 8.40. The molecule has 0 radical (unpaired) electrons. The van der Waals surface area contributed by atoms with E-state index < -0.39 is 0 Å². The normalized spacial score (nSPS) is 12.0. The highest BCUT2D eigenvalue weighted by Crippen LogP contribution is 2.27. The van der Waals surface area contributed by atoms with E-state index in [4.69, 9.17) is 10.5 Å². The number of nitrogens with one attached hydrogen (secondary N) is 1. The van der Waals surface area contributed by atoms with Gasteiger partial charge in [-0.1, -0.05) is 18.2 Å². The van der Waals surface area contributed by atoms with Crippen molar-refractivity contribution >= 4 is 11.5 Å². The first-order valence-electron chi connectivity index (χ1n) is 6.69. The Hall–Kier alpha value is -2.14. The molecule has 1 heterocycles. The minimum Gasteiger partial charge on any atom is -0.478 e. The van der Waals surface area contributed by atoms with Crippen LogP contribution in [0.2, 0.25) is 0 Å². The molecule has 1 atom stereocenters. The van der Waals surface area contributed by atoms with E-state index in [1.165, 1.54) is 6.33 Å². The first-order valence-corrected chi connectivity index (χ1v) is 6.69. The van der Waals surface area contributed by atoms with Crippen molar-refractivity contribution in [3.63, 3.8) is 0 Å². The number of aromatic nitrogens is 2. The van der Waals surface area contributed by atoms with Crippen LogP contribution in [0.3, 0.4) is 0 Å². The van der Waals surface area contributed by atoms with Gasteiger partial charge in [0.25, 0.3) is 0 Å². The molecule has 0 amide bonds. The molecule has 0 fully saturated rings. The Kier molecular flexibility index (Phi) is 4.53. The fourth-order valence-electron chi connectivity index (χ4n) is 1.98. The molecule has 0 aliphatic carbocycles. The monoisotopic (exact) mass is 272 g/mol. The van der Waals surface area contributed by atoms with Gasteiger partial charge in [0.15, 0.2) is 0 Å². The molecule has 0 aliphatic heterocycles. The van der Waals surface area contributed by atoms with Crippen LogP contribution in [-0.2, 0) is 0 Å². The molecular formula is C15H20N4O. The zero-order valence-electron chi connectivity index (χ0n) is 12.1. The summed E-state index contributed by atoms with van der Waals surface area (Å²) in [6.07, 6.45) is 1.49. The van der Waals surface area contributed by atoms with Crippen molar-refractivity contribution in [2.24, 2.45) is 5.73 Å². The molecular weight excluding hydrogens is 252 g/mol. The second kappa shape index (κ2) is 6.34. The number of hydrogen-bond acceptors (Lipinski definition) is 5. The number of hydrogen-bond donors (Lipinski definition) is 2. The SMILES string of the molecule is CCOc1ncnc(Nc2ccccc2C(C)N)c1C. The number of benzene rings is 1. The van der Waals surface area contributed by atoms with Gasteiger partial charge in [0.1, 0.15) is 12.1 Å². The van der Waals surface area contributed by atoms with Crippen LogP contribution in [0.1, 0.15) is 31.0 Å². The number of para-hydroxylation sites is 1. The zero-order chi connectivity index (χ0) is 14.5. The molecule has 2 rings (SSSR count). The van der Waals surface area contributed by atoms with Crippen molar-refractivity contribution in [2.45, 2.75) is 26.8 Å². The fourth-order valence-corrected chi connectivity index (χ4v) is 1.98. The molecule has 1 aromatic heterocycles. The van der Waals surface area contributed by atoms with Gasteiger partial charge < -0.3 is 15.8 Å². The number of ether oxygens (including phenoxy) is 1. The van der Waals surface area contributed by atoms with E-state index in [0.29, 0.717) is 12.5 Å². The third-order valence-corrected chi connectivity index (χ3v) is 3.02. The smallest absolute Gasteiger partial charge is 0.221 e. The van der Waals surface area contributed by atoms with Crippen molar-refractivity contribution in [2.75, 3.05) is 11.9 Å². The van der Waals surface area contributed by atoms with E-state index in [2.05, 4.69) is 15.3 Å². The standard InChI is InChI=1S/C15H20N4O/c1-4-20-15-10(2)14(17-9-18-15)19-13-8-6-5-7-12(13)11(3)16/h5-9,11H,4,16H2,1-3H3,(H,17,18,19). The van der Waals surface area contributed by atoms with Crippen molar-refractivity contribution in [3.05, 3.63) is 41.7 Å². The van der Waals surface area contributed by atoms with Gasteiger partial charge >= 0.3 is 0 Å². The minimum atomic E-state index is -0.0489. The predicted octanol–water partition coefficient (Wildman–Crippen LogP) is 2.95. The van der Waals surface area contributed by atoms with Crippen LogP contribution in [0, 0.1) is 6.92 Å². The number of nitrogens with two attached hydrogens (primary N) is 1. The third kappa shape index (κ3) is 3.05. The number of nitrogens with zero attached hydrogens (tertiary/aromatic N) is 2. The van der Waals surface area contributed by atoms with E-state index in [1.54, 1.807) is 0 Å². The Morgan fingerprint density at radius 1 is 1.30 bits per heavy atom. The zero-order valence-corrected chi connectivity index (χ0v) is 12.1. The Labute approximate surface area is 119 Å². The third-order valence-electron chi connectivity index (χ3n) is 3.02. The van der Waals surface area contributed by atoms with Gasteiger partial charge in [0, 0.05) is 11.7 Å². The molecule has 1 unspecified atom stereocenters. The first kappa shape index (κ1) is 14.3. The summed E-state index contributed by atoms with van der Waals surface area (Å²) in [5.74, 6) is 1.33. The fraction of sp³-hybridized carbons (Fsp3) is 0.333. The van der Waals surface area contributed by atoms with Crippen molar-refractivity contribution < 1.29 is 4.74 Å². The van der Waals surface area contributed by atoms with Gasteiger partial charge in [0.2, 0.25) is 5.88 Å². The summed E-state index contributed by atoms with van der Waals surface area (Å²) in [7, 11) is 0. The Morgan fingerprint density at radius 2 is 2.05 bits per heavy atom. The molecule has 0 bridgehead atoms. The minimum absolute atomic E-state index is 0.0489. The highest BCUT2D eigenvalue weighted by Gasteiger charge is 2.11. The van der Waals surface area contributed by atoms with Crippen LogP contribution in [0.5, 0.6) is 5.88 Å². The lowest BCUT2D eigenvalue weighted by atomic mass is 10.1. The lowest BCUT2D eigenvalue weighted by molar-refractivity contribution is 0.324. The largest absolute Gasteiger partial charge is 0.478 e. The topological polar surface area (TPSA) is 73.1 Å². The van der Waals surface area contributed by atoms with Gasteiger partial charge in [-0.2, -0.15) is 0 Å². The molecule has 2 aromatic rings. The summed E-state index contributed by atoms with van der Waals surface area (Å²) in [5.41, 5.74) is 8.87. The summed E-state index contributed by atoms with van der Waals surface area (Å²) in [5, 5.41) is 3.31. The average molecular weight is 272 g/mol. The highest BCUT2D eigenvalue weighted by atomic mass is 16.5. The molecule has 5 heteroatoms. The maximum Gasteiger partial charge on any atom is 0.221 e. The molecule has 0 spiro atoms. The van der Waals surface area contributed by atoms with Gasteiger partial charge in [-0.05, 0) is 32.4 Å². The van der Waals surface area contributed by atoms with Gasteiger partial charge in [-0.3, -0.25) is 0 Å². The van der Waals surface area contributed by atoms with Crippen molar-refractivity contribution in [3.8, 4) is 5.88 Å². The summed E-state index contributed by atoms with van der Waals surface area (Å²) in [6.45, 7) is 6.40. The van der Waals surface area contributed by atoms with Crippen LogP contribution < -0.4 is 15.8 Å². The van der Waals surface area contributed by atoms with Crippen LogP contribution in [-0.4, -0.2) is 16.6 Å². The second-order valence-electron chi connectivity index (χ2n) is 4.59. The molecule has 106 valence electrons. The van der Waals surface area contributed by atoms with E-state index in [0.717, 1.165) is 22.6 Å². The van der Waals surface area contributed by atoms with Crippen LogP contribution in [0.25, 0.3) is 0 Å². The molecule has 0 aliphatic rings. The number of rotatable bonds is 5. The van der Waals surface area contributed by atoms with Gasteiger partial charge in [-0.15, -0.1) is 0 Å². The molecule has 1 aromatic carbocycles. The van der Waals surface area contributed by atoms with Crippen molar-refractivity contribution in [1.29, 1.82) is 0 Å². The summed E-state index contributed by atoms with van der Waals surface area (Å²) in [6, 6.07) is 7.89. The molecule has 5 nitrogen and oxygen atoms in total. The maximum absolute atomic E-state index is 5.99. The molecule has 0 saturated heterocycles. The Bertz CT molecular complexity index is 584. The second-order valence-corrected chi connectivity index (χ2v) is 4.59. The lowest BCUT2D eigenvalue weighted by Crippen LogP contribution is -2.09. The Morgan fingerprint density at radius 3 is 2.75 bits per heavy atom. The highest BCUT2D eigenvalue weighted by molar-refractivity contribution is 5.64. The summed E-state index contributed by atoms with van der Waals surface area (Å²) >= 11 is 0. The summed E-state index contributed by atoms with van der Waals surface area (Å²) < 4.78 is 5.48. The lowest BCUT2D eigenvalue weighted by Gasteiger charge is -2.16. The van der Waals surface area contributed by atoms with E-state index in [1.807, 2.05) is 45.0 Å². The van der Waals surface area contributed by atoms with E-state index >= 15 is 0 Å². The number of anilines is 2. The average Bonchev–Trinajstić information content (AvgIpc) is 2.44. The predicted molar refractivity (Wildman–Crippen MR) is 80.3 cm³/mol. The van der Waals surface area contributed by atoms with Gasteiger partial charge in [0.05, 0.1) is 12.2 Å². The molecule has 20 heavy (non-hydrogen) atoms.